The van der Waals surface area contributed by atoms with Crippen molar-refractivity contribution >= 4 is 29.1 Å². The van der Waals surface area contributed by atoms with E-state index in [4.69, 9.17) is 17.7 Å². The van der Waals surface area contributed by atoms with Crippen LogP contribution < -0.4 is 5.32 Å². The SMILES string of the molecule is CC(=O)NC1C=CN([C@@H]2OC3CO[Si](C(C)C)(C(C)C)O[Si](C(C)C)(C(C)C)O[C@H]3[C@H]2O)C(=O)N1C. The highest BCUT2D eigenvalue weighted by molar-refractivity contribution is 6.84. The molecule has 5 atom stereocenters. The Bertz CT molecular complexity index is 838. The van der Waals surface area contributed by atoms with Crippen molar-refractivity contribution in [2.45, 2.75) is 115 Å². The van der Waals surface area contributed by atoms with Crippen LogP contribution in [0, 0.1) is 0 Å². The van der Waals surface area contributed by atoms with Gasteiger partial charge in [-0.1, -0.05) is 55.4 Å². The first kappa shape index (κ1) is 29.3. The number of nitrogens with one attached hydrogen (secondary N) is 1. The van der Waals surface area contributed by atoms with E-state index >= 15 is 0 Å². The highest BCUT2D eigenvalue weighted by atomic mass is 28.5. The summed E-state index contributed by atoms with van der Waals surface area (Å²) in [6.07, 6.45) is -0.623. The first-order valence-electron chi connectivity index (χ1n) is 13.0. The molecule has 3 rings (SSSR count). The van der Waals surface area contributed by atoms with E-state index in [1.165, 1.54) is 16.7 Å². The van der Waals surface area contributed by atoms with Gasteiger partial charge in [0.2, 0.25) is 5.91 Å². The van der Waals surface area contributed by atoms with Crippen molar-refractivity contribution in [3.05, 3.63) is 12.3 Å². The number of nitrogens with zero attached hydrogens (tertiary/aromatic N) is 2. The van der Waals surface area contributed by atoms with E-state index in [0.717, 1.165) is 0 Å². The number of hydrogen-bond acceptors (Lipinski definition) is 7. The summed E-state index contributed by atoms with van der Waals surface area (Å²) in [6, 6.07) is -0.393. The molecular formula is C24H45N3O7Si2. The first-order chi connectivity index (χ1) is 16.7. The fraction of sp³-hybridized carbons (Fsp3) is 0.833. The standard InChI is InChI=1S/C24H45N3O7Si2/c1-14(2)35(15(3)4)31-13-19-22(33-36(34-35,16(5)6)17(7)8)21(29)23(32-19)27-12-11-20(25-18(9)28)26(10)24(27)30/h11-12,14-17,19-23,29H,13H2,1-10H3,(H,25,28)/t19?,20?,21-,22-,23-/m1/s1. The minimum Gasteiger partial charge on any atom is -0.414 e. The van der Waals surface area contributed by atoms with Crippen LogP contribution in [-0.2, 0) is 22.5 Å². The summed E-state index contributed by atoms with van der Waals surface area (Å²) in [5.74, 6) is -0.245. The fourth-order valence-electron chi connectivity index (χ4n) is 5.58. The molecule has 0 aromatic heterocycles. The monoisotopic (exact) mass is 543 g/mol. The quantitative estimate of drug-likeness (QED) is 0.494. The van der Waals surface area contributed by atoms with Gasteiger partial charge in [-0.2, -0.15) is 0 Å². The van der Waals surface area contributed by atoms with Crippen molar-refractivity contribution in [3.8, 4) is 0 Å². The van der Waals surface area contributed by atoms with E-state index in [1.54, 1.807) is 19.3 Å². The Morgan fingerprint density at radius 2 is 1.61 bits per heavy atom. The van der Waals surface area contributed by atoms with Crippen LogP contribution in [0.1, 0.15) is 62.3 Å². The Balaban J connectivity index is 1.98. The molecule has 2 unspecified atom stereocenters. The van der Waals surface area contributed by atoms with Crippen molar-refractivity contribution < 1.29 is 32.4 Å². The number of carbonyl (C=O) groups is 2. The molecule has 3 aliphatic heterocycles. The Labute approximate surface area is 217 Å². The summed E-state index contributed by atoms with van der Waals surface area (Å²) in [6.45, 7) is 18.7. The number of amides is 3. The number of rotatable bonds is 6. The van der Waals surface area contributed by atoms with Crippen molar-refractivity contribution in [1.29, 1.82) is 0 Å². The molecule has 0 bridgehead atoms. The maximum Gasteiger partial charge on any atom is 0.335 e. The van der Waals surface area contributed by atoms with E-state index in [2.05, 4.69) is 60.7 Å². The van der Waals surface area contributed by atoms with Crippen molar-refractivity contribution in [2.75, 3.05) is 13.7 Å². The Morgan fingerprint density at radius 1 is 1.06 bits per heavy atom. The molecule has 36 heavy (non-hydrogen) atoms. The molecule has 0 saturated carbocycles. The molecule has 3 aliphatic rings. The maximum absolute atomic E-state index is 13.2. The smallest absolute Gasteiger partial charge is 0.335 e. The van der Waals surface area contributed by atoms with Gasteiger partial charge in [0.05, 0.1) is 6.61 Å². The molecule has 3 amide bonds. The molecule has 12 heteroatoms. The highest BCUT2D eigenvalue weighted by Gasteiger charge is 2.62. The van der Waals surface area contributed by atoms with Crippen molar-refractivity contribution in [3.63, 3.8) is 0 Å². The summed E-state index contributed by atoms with van der Waals surface area (Å²) >= 11 is 0. The Kier molecular flexibility index (Phi) is 8.81. The van der Waals surface area contributed by atoms with Gasteiger partial charge < -0.3 is 33.0 Å². The lowest BCUT2D eigenvalue weighted by molar-refractivity contribution is -0.120. The Hall–Kier alpha value is -1.29. The third kappa shape index (κ3) is 5.05. The normalized spacial score (nSPS) is 32.3. The van der Waals surface area contributed by atoms with E-state index in [-0.39, 0.29) is 34.7 Å². The molecule has 2 saturated heterocycles. The predicted molar refractivity (Wildman–Crippen MR) is 140 cm³/mol. The second-order valence-corrected chi connectivity index (χ2v) is 20.2. The summed E-state index contributed by atoms with van der Waals surface area (Å²) in [4.78, 5) is 27.5. The molecule has 0 spiro atoms. The lowest BCUT2D eigenvalue weighted by Gasteiger charge is -2.51. The van der Waals surface area contributed by atoms with Gasteiger partial charge in [0.1, 0.15) is 24.5 Å². The molecule has 2 N–H and O–H groups in total. The average molecular weight is 544 g/mol. The minimum absolute atomic E-state index is 0.108. The van der Waals surface area contributed by atoms with Gasteiger partial charge in [-0.05, 0) is 28.2 Å². The topological polar surface area (TPSA) is 110 Å². The zero-order chi connectivity index (χ0) is 27.2. The van der Waals surface area contributed by atoms with E-state index in [9.17, 15) is 14.7 Å². The third-order valence-electron chi connectivity index (χ3n) is 7.63. The zero-order valence-corrected chi connectivity index (χ0v) is 25.3. The number of ether oxygens (including phenoxy) is 1. The lowest BCUT2D eigenvalue weighted by atomic mass is 10.1. The number of urea groups is 1. The molecule has 0 radical (unpaired) electrons. The van der Waals surface area contributed by atoms with Gasteiger partial charge in [-0.3, -0.25) is 9.69 Å². The van der Waals surface area contributed by atoms with E-state index in [0.29, 0.717) is 0 Å². The van der Waals surface area contributed by atoms with Crippen LogP contribution in [0.4, 0.5) is 4.79 Å². The van der Waals surface area contributed by atoms with Gasteiger partial charge in [0, 0.05) is 20.2 Å². The number of fused-ring (bicyclic) bond motifs is 1. The second kappa shape index (κ2) is 10.8. The van der Waals surface area contributed by atoms with Crippen LogP contribution in [0.5, 0.6) is 0 Å². The lowest BCUT2D eigenvalue weighted by Crippen LogP contribution is -2.66. The molecule has 2 fully saturated rings. The number of aliphatic hydroxyl groups is 1. The van der Waals surface area contributed by atoms with E-state index < -0.39 is 53.9 Å². The number of likely N-dealkylation sites (N-methyl/N-ethyl adjacent to an activating group) is 1. The van der Waals surface area contributed by atoms with Gasteiger partial charge in [0.15, 0.2) is 6.23 Å². The third-order valence-corrected chi connectivity index (χ3v) is 17.9. The fourth-order valence-corrected chi connectivity index (χ4v) is 16.8. The molecule has 0 aromatic rings. The van der Waals surface area contributed by atoms with Gasteiger partial charge in [-0.25, -0.2) is 4.79 Å². The molecule has 10 nitrogen and oxygen atoms in total. The molecule has 0 aromatic carbocycles. The Morgan fingerprint density at radius 3 is 2.11 bits per heavy atom. The van der Waals surface area contributed by atoms with Crippen LogP contribution in [0.15, 0.2) is 12.3 Å². The molecule has 0 aliphatic carbocycles. The largest absolute Gasteiger partial charge is 0.414 e. The summed E-state index contributed by atoms with van der Waals surface area (Å²) in [5, 5.41) is 14.2. The predicted octanol–water partition coefficient (Wildman–Crippen LogP) is 3.37. The van der Waals surface area contributed by atoms with Crippen LogP contribution in [-0.4, -0.2) is 88.3 Å². The first-order valence-corrected chi connectivity index (χ1v) is 17.0. The van der Waals surface area contributed by atoms with Crippen LogP contribution in [0.3, 0.4) is 0 Å². The minimum atomic E-state index is -2.93. The number of aliphatic hydroxyl groups excluding tert-OH is 1. The maximum atomic E-state index is 13.2. The number of hydrogen-bond donors (Lipinski definition) is 2. The van der Waals surface area contributed by atoms with Crippen LogP contribution in [0.25, 0.3) is 0 Å². The summed E-state index contributed by atoms with van der Waals surface area (Å²) in [5.41, 5.74) is 0.596. The van der Waals surface area contributed by atoms with Gasteiger partial charge >= 0.3 is 23.2 Å². The van der Waals surface area contributed by atoms with Gasteiger partial charge in [0.25, 0.3) is 0 Å². The molecule has 3 heterocycles. The summed E-state index contributed by atoms with van der Waals surface area (Å²) < 4.78 is 27.1. The van der Waals surface area contributed by atoms with Gasteiger partial charge in [-0.15, -0.1) is 0 Å². The van der Waals surface area contributed by atoms with Crippen molar-refractivity contribution in [2.24, 2.45) is 0 Å². The van der Waals surface area contributed by atoms with E-state index in [1.807, 2.05) is 0 Å². The van der Waals surface area contributed by atoms with Crippen LogP contribution >= 0.6 is 0 Å². The number of carbonyl (C=O) groups excluding carboxylic acids is 2. The van der Waals surface area contributed by atoms with Crippen LogP contribution in [0.2, 0.25) is 22.2 Å². The van der Waals surface area contributed by atoms with Crippen molar-refractivity contribution in [1.82, 2.24) is 15.1 Å². The molecular weight excluding hydrogens is 498 g/mol. The average Bonchev–Trinajstić information content (AvgIpc) is 3.05. The second-order valence-electron chi connectivity index (χ2n) is 11.4. The molecule has 206 valence electrons. The summed E-state index contributed by atoms with van der Waals surface area (Å²) in [7, 11) is -4.08. The zero-order valence-electron chi connectivity index (χ0n) is 23.3. The highest BCUT2D eigenvalue weighted by Crippen LogP contribution is 2.47.